The van der Waals surface area contributed by atoms with E-state index in [1.165, 1.54) is 5.56 Å². The molecule has 0 bridgehead atoms. The molecular weight excluding hydrogens is 362 g/mol. The fourth-order valence-corrected chi connectivity index (χ4v) is 3.97. The molecule has 1 amide bonds. The molecule has 138 valence electrons. The van der Waals surface area contributed by atoms with Crippen LogP contribution in [0.5, 0.6) is 0 Å². The second-order valence-corrected chi connectivity index (χ2v) is 7.87. The SMILES string of the molecule is Cc1c(C(=O)NC2CC2)oc2c1-c1nn(Cc3cccc(Cl)c3)cc1CC2. The Morgan fingerprint density at radius 2 is 2.22 bits per heavy atom. The molecule has 5 nitrogen and oxygen atoms in total. The molecule has 1 N–H and O–H groups in total. The van der Waals surface area contributed by atoms with Gasteiger partial charge in [0, 0.05) is 34.8 Å². The van der Waals surface area contributed by atoms with Crippen LogP contribution in [-0.4, -0.2) is 21.7 Å². The Morgan fingerprint density at radius 1 is 1.37 bits per heavy atom. The summed E-state index contributed by atoms with van der Waals surface area (Å²) in [4.78, 5) is 12.5. The highest BCUT2D eigenvalue weighted by Gasteiger charge is 2.31. The highest BCUT2D eigenvalue weighted by Crippen LogP contribution is 2.38. The van der Waals surface area contributed by atoms with Crippen molar-refractivity contribution in [2.24, 2.45) is 0 Å². The zero-order valence-electron chi connectivity index (χ0n) is 15.1. The molecule has 2 aliphatic carbocycles. The monoisotopic (exact) mass is 381 g/mol. The summed E-state index contributed by atoms with van der Waals surface area (Å²) in [7, 11) is 0. The zero-order valence-corrected chi connectivity index (χ0v) is 15.8. The van der Waals surface area contributed by atoms with E-state index in [1.807, 2.05) is 35.9 Å². The first kappa shape index (κ1) is 16.6. The molecule has 3 aromatic rings. The number of hydrogen-bond acceptors (Lipinski definition) is 3. The molecule has 0 radical (unpaired) electrons. The van der Waals surface area contributed by atoms with Gasteiger partial charge in [-0.05, 0) is 49.4 Å². The van der Waals surface area contributed by atoms with Crippen molar-refractivity contribution >= 4 is 17.5 Å². The van der Waals surface area contributed by atoms with E-state index in [0.29, 0.717) is 18.3 Å². The number of aromatic nitrogens is 2. The second-order valence-electron chi connectivity index (χ2n) is 7.43. The molecular formula is C21H20ClN3O2. The lowest BCUT2D eigenvalue weighted by molar-refractivity contribution is 0.0920. The number of furan rings is 1. The van der Waals surface area contributed by atoms with E-state index in [9.17, 15) is 4.79 Å². The fraction of sp³-hybridized carbons (Fsp3) is 0.333. The molecule has 0 spiro atoms. The lowest BCUT2D eigenvalue weighted by atomic mass is 9.93. The molecule has 5 rings (SSSR count). The minimum absolute atomic E-state index is 0.107. The molecule has 2 heterocycles. The summed E-state index contributed by atoms with van der Waals surface area (Å²) < 4.78 is 7.89. The first-order valence-corrected chi connectivity index (χ1v) is 9.70. The van der Waals surface area contributed by atoms with E-state index >= 15 is 0 Å². The lowest BCUT2D eigenvalue weighted by Crippen LogP contribution is -2.25. The molecule has 1 fully saturated rings. The number of fused-ring (bicyclic) bond motifs is 3. The minimum atomic E-state index is -0.107. The summed E-state index contributed by atoms with van der Waals surface area (Å²) in [6.07, 6.45) is 5.87. The van der Waals surface area contributed by atoms with Gasteiger partial charge < -0.3 is 9.73 Å². The first-order chi connectivity index (χ1) is 13.1. The molecule has 0 saturated heterocycles. The average molecular weight is 382 g/mol. The van der Waals surface area contributed by atoms with Crippen LogP contribution < -0.4 is 5.32 Å². The molecule has 1 saturated carbocycles. The number of amides is 1. The highest BCUT2D eigenvalue weighted by molar-refractivity contribution is 6.30. The molecule has 1 aromatic carbocycles. The van der Waals surface area contributed by atoms with Crippen molar-refractivity contribution in [2.45, 2.75) is 45.2 Å². The van der Waals surface area contributed by atoms with Crippen molar-refractivity contribution in [3.8, 4) is 11.3 Å². The Morgan fingerprint density at radius 3 is 3.00 bits per heavy atom. The van der Waals surface area contributed by atoms with Gasteiger partial charge in [-0.25, -0.2) is 0 Å². The van der Waals surface area contributed by atoms with Gasteiger partial charge in [0.15, 0.2) is 5.76 Å². The van der Waals surface area contributed by atoms with Gasteiger partial charge in [0.25, 0.3) is 5.91 Å². The van der Waals surface area contributed by atoms with Crippen LogP contribution in [0.1, 0.15) is 45.8 Å². The number of benzene rings is 1. The quantitative estimate of drug-likeness (QED) is 0.738. The van der Waals surface area contributed by atoms with Crippen molar-refractivity contribution in [1.82, 2.24) is 15.1 Å². The summed E-state index contributed by atoms with van der Waals surface area (Å²) >= 11 is 6.09. The molecule has 6 heteroatoms. The molecule has 0 unspecified atom stereocenters. The molecule has 2 aromatic heterocycles. The van der Waals surface area contributed by atoms with Crippen LogP contribution in [0.2, 0.25) is 5.02 Å². The smallest absolute Gasteiger partial charge is 0.287 e. The maximum absolute atomic E-state index is 12.5. The van der Waals surface area contributed by atoms with Gasteiger partial charge in [-0.15, -0.1) is 0 Å². The normalized spacial score (nSPS) is 15.3. The largest absolute Gasteiger partial charge is 0.455 e. The van der Waals surface area contributed by atoms with Gasteiger partial charge in [0.2, 0.25) is 0 Å². The standard InChI is InChI=1S/C21H20ClN3O2/c1-12-18-17(27-20(12)21(26)23-16-6-7-16)8-5-14-11-25(24-19(14)18)10-13-3-2-4-15(22)9-13/h2-4,9,11,16H,5-8,10H2,1H3,(H,23,26). The Labute approximate surface area is 162 Å². The number of carbonyl (C=O) groups is 1. The molecule has 27 heavy (non-hydrogen) atoms. The summed E-state index contributed by atoms with van der Waals surface area (Å²) in [5.41, 5.74) is 5.11. The molecule has 2 aliphatic rings. The Balaban J connectivity index is 1.48. The van der Waals surface area contributed by atoms with Gasteiger partial charge in [-0.3, -0.25) is 9.48 Å². The van der Waals surface area contributed by atoms with Crippen molar-refractivity contribution in [2.75, 3.05) is 0 Å². The van der Waals surface area contributed by atoms with Crippen molar-refractivity contribution in [3.05, 3.63) is 63.7 Å². The van der Waals surface area contributed by atoms with Crippen LogP contribution in [-0.2, 0) is 19.4 Å². The summed E-state index contributed by atoms with van der Waals surface area (Å²) in [6, 6.07) is 8.13. The van der Waals surface area contributed by atoms with Crippen LogP contribution in [0.15, 0.2) is 34.9 Å². The zero-order chi connectivity index (χ0) is 18.5. The summed E-state index contributed by atoms with van der Waals surface area (Å²) in [6.45, 7) is 2.62. The third kappa shape index (κ3) is 3.06. The number of halogens is 1. The molecule has 0 atom stereocenters. The van der Waals surface area contributed by atoms with E-state index in [2.05, 4.69) is 11.5 Å². The highest BCUT2D eigenvalue weighted by atomic mass is 35.5. The van der Waals surface area contributed by atoms with Crippen molar-refractivity contribution < 1.29 is 9.21 Å². The second kappa shape index (κ2) is 6.27. The summed E-state index contributed by atoms with van der Waals surface area (Å²) in [5, 5.41) is 8.55. The van der Waals surface area contributed by atoms with Crippen molar-refractivity contribution in [1.29, 1.82) is 0 Å². The average Bonchev–Trinajstić information content (AvgIpc) is 3.24. The van der Waals surface area contributed by atoms with E-state index in [0.717, 1.165) is 58.9 Å². The number of carbonyl (C=O) groups excluding carboxylic acids is 1. The van der Waals surface area contributed by atoms with Crippen LogP contribution in [0, 0.1) is 6.92 Å². The Kier molecular flexibility index (Phi) is 3.86. The van der Waals surface area contributed by atoms with E-state index < -0.39 is 0 Å². The fourth-order valence-electron chi connectivity index (χ4n) is 3.76. The molecule has 0 aliphatic heterocycles. The topological polar surface area (TPSA) is 60.1 Å². The first-order valence-electron chi connectivity index (χ1n) is 9.33. The Bertz CT molecular complexity index is 1050. The lowest BCUT2D eigenvalue weighted by Gasteiger charge is -2.09. The van der Waals surface area contributed by atoms with E-state index in [-0.39, 0.29) is 5.91 Å². The number of rotatable bonds is 4. The van der Waals surface area contributed by atoms with Crippen LogP contribution in [0.3, 0.4) is 0 Å². The van der Waals surface area contributed by atoms with E-state index in [1.54, 1.807) is 0 Å². The van der Waals surface area contributed by atoms with Gasteiger partial charge in [-0.2, -0.15) is 5.10 Å². The van der Waals surface area contributed by atoms with Crippen LogP contribution in [0.25, 0.3) is 11.3 Å². The van der Waals surface area contributed by atoms with Crippen LogP contribution >= 0.6 is 11.6 Å². The maximum atomic E-state index is 12.5. The van der Waals surface area contributed by atoms with Gasteiger partial charge in [-0.1, -0.05) is 23.7 Å². The van der Waals surface area contributed by atoms with E-state index in [4.69, 9.17) is 21.1 Å². The maximum Gasteiger partial charge on any atom is 0.287 e. The number of nitrogens with zero attached hydrogens (tertiary/aromatic N) is 2. The van der Waals surface area contributed by atoms with Gasteiger partial charge >= 0.3 is 0 Å². The summed E-state index contributed by atoms with van der Waals surface area (Å²) in [5.74, 6) is 1.20. The third-order valence-electron chi connectivity index (χ3n) is 5.27. The van der Waals surface area contributed by atoms with Crippen LogP contribution in [0.4, 0.5) is 0 Å². The van der Waals surface area contributed by atoms with Gasteiger partial charge in [0.05, 0.1) is 12.2 Å². The third-order valence-corrected chi connectivity index (χ3v) is 5.50. The Hall–Kier alpha value is -2.53. The minimum Gasteiger partial charge on any atom is -0.455 e. The number of nitrogens with one attached hydrogen (secondary N) is 1. The predicted molar refractivity (Wildman–Crippen MR) is 103 cm³/mol. The number of hydrogen-bond donors (Lipinski definition) is 1. The van der Waals surface area contributed by atoms with Crippen molar-refractivity contribution in [3.63, 3.8) is 0 Å². The van der Waals surface area contributed by atoms with Gasteiger partial charge in [0.1, 0.15) is 5.76 Å². The number of aryl methyl sites for hydroxylation is 2. The predicted octanol–water partition coefficient (Wildman–Crippen LogP) is 4.14.